The summed E-state index contributed by atoms with van der Waals surface area (Å²) in [5.74, 6) is 0.121. The number of nitriles is 1. The molecule has 0 saturated heterocycles. The molecule has 0 radical (unpaired) electrons. The van der Waals surface area contributed by atoms with Crippen LogP contribution in [0.25, 0.3) is 0 Å². The van der Waals surface area contributed by atoms with E-state index in [-0.39, 0.29) is 5.92 Å². The van der Waals surface area contributed by atoms with Crippen LogP contribution in [0.5, 0.6) is 0 Å². The Hall–Kier alpha value is -1.49. The molecular formula is C14H20N2. The van der Waals surface area contributed by atoms with E-state index >= 15 is 0 Å². The van der Waals surface area contributed by atoms with Crippen LogP contribution in [0, 0.1) is 17.2 Å². The van der Waals surface area contributed by atoms with E-state index in [0.29, 0.717) is 0 Å². The zero-order valence-corrected chi connectivity index (χ0v) is 10.4. The Bertz CT molecular complexity index is 348. The van der Waals surface area contributed by atoms with Gasteiger partial charge >= 0.3 is 0 Å². The Kier molecular flexibility index (Phi) is 4.85. The molecule has 0 aliphatic carbocycles. The van der Waals surface area contributed by atoms with Crippen molar-refractivity contribution in [2.24, 2.45) is 5.92 Å². The first-order chi connectivity index (χ1) is 7.71. The normalized spacial score (nSPS) is 11.9. The molecule has 0 spiro atoms. The third-order valence-electron chi connectivity index (χ3n) is 2.95. The monoisotopic (exact) mass is 216 g/mol. The van der Waals surface area contributed by atoms with Gasteiger partial charge in [-0.2, -0.15) is 5.26 Å². The van der Waals surface area contributed by atoms with E-state index in [4.69, 9.17) is 5.26 Å². The number of hydrogen-bond donors (Lipinski definition) is 0. The van der Waals surface area contributed by atoms with Crippen molar-refractivity contribution in [1.29, 1.82) is 5.26 Å². The molecule has 16 heavy (non-hydrogen) atoms. The van der Waals surface area contributed by atoms with Gasteiger partial charge in [0.15, 0.2) is 0 Å². The van der Waals surface area contributed by atoms with Gasteiger partial charge in [0, 0.05) is 19.3 Å². The van der Waals surface area contributed by atoms with Gasteiger partial charge in [-0.05, 0) is 30.5 Å². The fraction of sp³-hybridized carbons (Fsp3) is 0.500. The summed E-state index contributed by atoms with van der Waals surface area (Å²) in [6.07, 6.45) is 1.98. The van der Waals surface area contributed by atoms with Crippen LogP contribution in [0.2, 0.25) is 0 Å². The topological polar surface area (TPSA) is 27.0 Å². The second kappa shape index (κ2) is 6.17. The SMILES string of the molecule is CCc1ccc(N(C)CC(C#N)CC)cc1. The lowest BCUT2D eigenvalue weighted by Gasteiger charge is -2.21. The Morgan fingerprint density at radius 3 is 2.31 bits per heavy atom. The summed E-state index contributed by atoms with van der Waals surface area (Å²) in [4.78, 5) is 2.15. The molecule has 1 unspecified atom stereocenters. The molecule has 1 rings (SSSR count). The summed E-state index contributed by atoms with van der Waals surface area (Å²) >= 11 is 0. The van der Waals surface area contributed by atoms with Crippen molar-refractivity contribution in [3.63, 3.8) is 0 Å². The average Bonchev–Trinajstić information content (AvgIpc) is 2.35. The molecule has 0 bridgehead atoms. The molecule has 2 heteroatoms. The fourth-order valence-corrected chi connectivity index (χ4v) is 1.68. The minimum absolute atomic E-state index is 0.121. The fourth-order valence-electron chi connectivity index (χ4n) is 1.68. The molecule has 86 valence electrons. The summed E-state index contributed by atoms with van der Waals surface area (Å²) < 4.78 is 0. The van der Waals surface area contributed by atoms with Gasteiger partial charge in [-0.3, -0.25) is 0 Å². The maximum Gasteiger partial charge on any atom is 0.0674 e. The van der Waals surface area contributed by atoms with Crippen LogP contribution in [-0.2, 0) is 6.42 Å². The van der Waals surface area contributed by atoms with Crippen molar-refractivity contribution in [3.05, 3.63) is 29.8 Å². The molecule has 0 amide bonds. The Morgan fingerprint density at radius 2 is 1.88 bits per heavy atom. The van der Waals surface area contributed by atoms with Crippen LogP contribution in [0.15, 0.2) is 24.3 Å². The molecule has 0 fully saturated rings. The van der Waals surface area contributed by atoms with Crippen molar-refractivity contribution in [3.8, 4) is 6.07 Å². The molecule has 2 nitrogen and oxygen atoms in total. The van der Waals surface area contributed by atoms with Gasteiger partial charge in [-0.25, -0.2) is 0 Å². The van der Waals surface area contributed by atoms with E-state index in [1.165, 1.54) is 11.3 Å². The lowest BCUT2D eigenvalue weighted by molar-refractivity contribution is 0.631. The molecule has 0 N–H and O–H groups in total. The van der Waals surface area contributed by atoms with Crippen molar-refractivity contribution < 1.29 is 0 Å². The lowest BCUT2D eigenvalue weighted by Crippen LogP contribution is -2.24. The van der Waals surface area contributed by atoms with Crippen LogP contribution >= 0.6 is 0 Å². The van der Waals surface area contributed by atoms with Gasteiger partial charge in [0.1, 0.15) is 0 Å². The Balaban J connectivity index is 2.65. The predicted molar refractivity (Wildman–Crippen MR) is 68.5 cm³/mol. The number of benzene rings is 1. The van der Waals surface area contributed by atoms with E-state index in [1.807, 2.05) is 7.05 Å². The van der Waals surface area contributed by atoms with Gasteiger partial charge in [-0.1, -0.05) is 26.0 Å². The summed E-state index contributed by atoms with van der Waals surface area (Å²) in [6.45, 7) is 5.02. The first-order valence-electron chi connectivity index (χ1n) is 5.90. The first kappa shape index (κ1) is 12.6. The largest absolute Gasteiger partial charge is 0.373 e. The van der Waals surface area contributed by atoms with Crippen LogP contribution in [0.3, 0.4) is 0 Å². The molecule has 0 saturated carbocycles. The molecule has 1 aromatic carbocycles. The molecule has 0 heterocycles. The number of hydrogen-bond acceptors (Lipinski definition) is 2. The summed E-state index contributed by atoms with van der Waals surface area (Å²) in [6, 6.07) is 10.9. The Morgan fingerprint density at radius 1 is 1.25 bits per heavy atom. The van der Waals surface area contributed by atoms with Crippen LogP contribution in [0.1, 0.15) is 25.8 Å². The van der Waals surface area contributed by atoms with Gasteiger partial charge < -0.3 is 4.90 Å². The van der Waals surface area contributed by atoms with E-state index < -0.39 is 0 Å². The van der Waals surface area contributed by atoms with Crippen molar-refractivity contribution in [1.82, 2.24) is 0 Å². The number of nitrogens with zero attached hydrogens (tertiary/aromatic N) is 2. The van der Waals surface area contributed by atoms with Gasteiger partial charge in [0.25, 0.3) is 0 Å². The maximum absolute atomic E-state index is 8.93. The maximum atomic E-state index is 8.93. The third-order valence-corrected chi connectivity index (χ3v) is 2.95. The zero-order valence-electron chi connectivity index (χ0n) is 10.4. The van der Waals surface area contributed by atoms with E-state index in [0.717, 1.165) is 19.4 Å². The highest BCUT2D eigenvalue weighted by atomic mass is 15.1. The molecule has 0 aromatic heterocycles. The number of rotatable bonds is 5. The van der Waals surface area contributed by atoms with E-state index in [1.54, 1.807) is 0 Å². The van der Waals surface area contributed by atoms with Gasteiger partial charge in [-0.15, -0.1) is 0 Å². The minimum atomic E-state index is 0.121. The van der Waals surface area contributed by atoms with Crippen LogP contribution < -0.4 is 4.90 Å². The van der Waals surface area contributed by atoms with Crippen LogP contribution in [0.4, 0.5) is 5.69 Å². The van der Waals surface area contributed by atoms with Crippen molar-refractivity contribution in [2.45, 2.75) is 26.7 Å². The Labute approximate surface area is 98.5 Å². The predicted octanol–water partition coefficient (Wildman–Crippen LogP) is 3.23. The average molecular weight is 216 g/mol. The standard InChI is InChI=1S/C14H20N2/c1-4-12-6-8-14(9-7-12)16(3)11-13(5-2)10-15/h6-9,13H,4-5,11H2,1-3H3. The zero-order chi connectivity index (χ0) is 12.0. The second-order valence-electron chi connectivity index (χ2n) is 4.13. The summed E-state index contributed by atoms with van der Waals surface area (Å²) in [5, 5.41) is 8.93. The summed E-state index contributed by atoms with van der Waals surface area (Å²) in [5.41, 5.74) is 2.54. The van der Waals surface area contributed by atoms with Gasteiger partial charge in [0.2, 0.25) is 0 Å². The highest BCUT2D eigenvalue weighted by Gasteiger charge is 2.08. The first-order valence-corrected chi connectivity index (χ1v) is 5.90. The number of aryl methyl sites for hydroxylation is 1. The highest BCUT2D eigenvalue weighted by Crippen LogP contribution is 2.16. The molecule has 0 aliphatic rings. The van der Waals surface area contributed by atoms with Gasteiger partial charge in [0.05, 0.1) is 12.0 Å². The second-order valence-corrected chi connectivity index (χ2v) is 4.13. The van der Waals surface area contributed by atoms with Crippen molar-refractivity contribution in [2.75, 3.05) is 18.5 Å². The molecule has 1 atom stereocenters. The summed E-state index contributed by atoms with van der Waals surface area (Å²) in [7, 11) is 2.04. The number of anilines is 1. The third kappa shape index (κ3) is 3.27. The van der Waals surface area contributed by atoms with Crippen molar-refractivity contribution >= 4 is 5.69 Å². The minimum Gasteiger partial charge on any atom is -0.373 e. The molecule has 1 aromatic rings. The smallest absolute Gasteiger partial charge is 0.0674 e. The quantitative estimate of drug-likeness (QED) is 0.755. The molecule has 0 aliphatic heterocycles. The van der Waals surface area contributed by atoms with Crippen LogP contribution in [-0.4, -0.2) is 13.6 Å². The molecular weight excluding hydrogens is 196 g/mol. The highest BCUT2D eigenvalue weighted by molar-refractivity contribution is 5.47. The lowest BCUT2D eigenvalue weighted by atomic mass is 10.1. The van der Waals surface area contributed by atoms with E-state index in [2.05, 4.69) is 49.1 Å². The van der Waals surface area contributed by atoms with E-state index in [9.17, 15) is 0 Å².